The first-order chi connectivity index (χ1) is 16.5. The SMILES string of the molecule is CCOC(=O)c1cnn(-c2cc(C)c3ccccc3n2)c1NC(=O)CNC(=O)c1ccccc1. The van der Waals surface area contributed by atoms with Crippen LogP contribution in [-0.4, -0.2) is 45.7 Å². The fraction of sp³-hybridized carbons (Fsp3) is 0.160. The molecule has 0 aliphatic heterocycles. The highest BCUT2D eigenvalue weighted by atomic mass is 16.5. The molecular weight excluding hydrogens is 434 g/mol. The Balaban J connectivity index is 1.63. The van der Waals surface area contributed by atoms with Crippen LogP contribution in [0.4, 0.5) is 5.82 Å². The molecule has 0 atom stereocenters. The van der Waals surface area contributed by atoms with Gasteiger partial charge in [0.15, 0.2) is 11.6 Å². The maximum Gasteiger partial charge on any atom is 0.343 e. The zero-order valence-corrected chi connectivity index (χ0v) is 18.7. The summed E-state index contributed by atoms with van der Waals surface area (Å²) in [5.41, 5.74) is 2.22. The molecule has 0 unspecified atom stereocenters. The van der Waals surface area contributed by atoms with Gasteiger partial charge in [-0.05, 0) is 43.7 Å². The molecule has 9 nitrogen and oxygen atoms in total. The molecule has 172 valence electrons. The minimum absolute atomic E-state index is 0.0807. The van der Waals surface area contributed by atoms with Crippen LogP contribution in [0.5, 0.6) is 0 Å². The molecule has 0 fully saturated rings. The third kappa shape index (κ3) is 4.78. The lowest BCUT2D eigenvalue weighted by Crippen LogP contribution is -2.33. The number of carbonyl (C=O) groups excluding carboxylic acids is 3. The van der Waals surface area contributed by atoms with Crippen LogP contribution in [0.1, 0.15) is 33.2 Å². The normalized spacial score (nSPS) is 10.6. The van der Waals surface area contributed by atoms with E-state index in [0.29, 0.717) is 11.4 Å². The zero-order valence-electron chi connectivity index (χ0n) is 18.7. The fourth-order valence-electron chi connectivity index (χ4n) is 3.47. The summed E-state index contributed by atoms with van der Waals surface area (Å²) in [7, 11) is 0. The van der Waals surface area contributed by atoms with Gasteiger partial charge in [0.2, 0.25) is 5.91 Å². The molecule has 2 aromatic carbocycles. The number of rotatable bonds is 7. The second-order valence-corrected chi connectivity index (χ2v) is 7.45. The molecule has 0 saturated heterocycles. The molecule has 0 aliphatic rings. The Labute approximate surface area is 195 Å². The Morgan fingerprint density at radius 2 is 1.76 bits per heavy atom. The molecule has 0 radical (unpaired) electrons. The van der Waals surface area contributed by atoms with Crippen molar-refractivity contribution < 1.29 is 19.1 Å². The third-order valence-electron chi connectivity index (χ3n) is 5.09. The minimum atomic E-state index is -0.630. The number of ether oxygens (including phenoxy) is 1. The molecule has 2 amide bonds. The fourth-order valence-corrected chi connectivity index (χ4v) is 3.47. The largest absolute Gasteiger partial charge is 0.462 e. The summed E-state index contributed by atoms with van der Waals surface area (Å²) in [6.07, 6.45) is 1.32. The molecule has 2 aromatic heterocycles. The first-order valence-corrected chi connectivity index (χ1v) is 10.7. The predicted molar refractivity (Wildman–Crippen MR) is 127 cm³/mol. The van der Waals surface area contributed by atoms with Crippen LogP contribution in [-0.2, 0) is 9.53 Å². The Kier molecular flexibility index (Phi) is 6.63. The van der Waals surface area contributed by atoms with Gasteiger partial charge in [-0.25, -0.2) is 9.78 Å². The van der Waals surface area contributed by atoms with Crippen molar-refractivity contribution in [3.63, 3.8) is 0 Å². The smallest absolute Gasteiger partial charge is 0.343 e. The second kappa shape index (κ2) is 9.95. The molecule has 0 saturated carbocycles. The van der Waals surface area contributed by atoms with E-state index in [1.54, 1.807) is 37.3 Å². The van der Waals surface area contributed by atoms with Gasteiger partial charge in [-0.3, -0.25) is 9.59 Å². The summed E-state index contributed by atoms with van der Waals surface area (Å²) in [4.78, 5) is 42.1. The van der Waals surface area contributed by atoms with Gasteiger partial charge in [-0.15, -0.1) is 0 Å². The number of amides is 2. The molecule has 0 aliphatic carbocycles. The number of benzene rings is 2. The number of nitrogens with zero attached hydrogens (tertiary/aromatic N) is 3. The predicted octanol–water partition coefficient (Wildman–Crippen LogP) is 3.27. The van der Waals surface area contributed by atoms with Crippen LogP contribution in [0.25, 0.3) is 16.7 Å². The molecule has 0 spiro atoms. The number of esters is 1. The van der Waals surface area contributed by atoms with Gasteiger partial charge in [0.25, 0.3) is 5.91 Å². The number of pyridine rings is 1. The number of hydrogen-bond donors (Lipinski definition) is 2. The molecule has 2 N–H and O–H groups in total. The van der Waals surface area contributed by atoms with Crippen LogP contribution < -0.4 is 10.6 Å². The number of aromatic nitrogens is 3. The first-order valence-electron chi connectivity index (χ1n) is 10.7. The summed E-state index contributed by atoms with van der Waals surface area (Å²) >= 11 is 0. The molecule has 0 bridgehead atoms. The summed E-state index contributed by atoms with van der Waals surface area (Å²) < 4.78 is 6.49. The van der Waals surface area contributed by atoms with E-state index in [2.05, 4.69) is 20.7 Å². The highest BCUT2D eigenvalue weighted by Gasteiger charge is 2.23. The summed E-state index contributed by atoms with van der Waals surface area (Å²) in [6.45, 7) is 3.50. The minimum Gasteiger partial charge on any atom is -0.462 e. The van der Waals surface area contributed by atoms with Gasteiger partial charge in [0.05, 0.1) is 24.9 Å². The number of carbonyl (C=O) groups is 3. The summed E-state index contributed by atoms with van der Waals surface area (Å²) in [5.74, 6) is -1.01. The molecule has 34 heavy (non-hydrogen) atoms. The van der Waals surface area contributed by atoms with Gasteiger partial charge >= 0.3 is 5.97 Å². The lowest BCUT2D eigenvalue weighted by molar-refractivity contribution is -0.115. The number of hydrogen-bond acceptors (Lipinski definition) is 6. The molecule has 4 rings (SSSR count). The quantitative estimate of drug-likeness (QED) is 0.412. The first kappa shape index (κ1) is 22.7. The van der Waals surface area contributed by atoms with Gasteiger partial charge in [-0.2, -0.15) is 9.78 Å². The number of para-hydroxylation sites is 1. The standard InChI is InChI=1S/C25H23N5O4/c1-3-34-25(33)19-14-27-30(21-13-16(2)18-11-7-8-12-20(18)28-21)23(19)29-22(31)15-26-24(32)17-9-5-4-6-10-17/h4-14H,3,15H2,1-2H3,(H,26,32)(H,29,31). The Morgan fingerprint density at radius 1 is 1.03 bits per heavy atom. The van der Waals surface area contributed by atoms with Crippen molar-refractivity contribution in [2.24, 2.45) is 0 Å². The van der Waals surface area contributed by atoms with Crippen molar-refractivity contribution in [1.82, 2.24) is 20.1 Å². The lowest BCUT2D eigenvalue weighted by atomic mass is 10.1. The highest BCUT2D eigenvalue weighted by Crippen LogP contribution is 2.24. The average molecular weight is 457 g/mol. The lowest BCUT2D eigenvalue weighted by Gasteiger charge is -2.12. The van der Waals surface area contributed by atoms with Crippen molar-refractivity contribution in [3.05, 3.63) is 83.6 Å². The number of aryl methyl sites for hydroxylation is 1. The van der Waals surface area contributed by atoms with E-state index in [1.807, 2.05) is 37.3 Å². The number of anilines is 1. The van der Waals surface area contributed by atoms with E-state index in [1.165, 1.54) is 10.9 Å². The maximum atomic E-state index is 12.7. The van der Waals surface area contributed by atoms with Gasteiger partial charge in [0.1, 0.15) is 5.56 Å². The Bertz CT molecular complexity index is 1360. The van der Waals surface area contributed by atoms with Crippen LogP contribution in [0.15, 0.2) is 66.9 Å². The van der Waals surface area contributed by atoms with Crippen LogP contribution >= 0.6 is 0 Å². The zero-order chi connectivity index (χ0) is 24.1. The Morgan fingerprint density at radius 3 is 2.53 bits per heavy atom. The summed E-state index contributed by atoms with van der Waals surface area (Å²) in [5, 5.41) is 10.5. The molecule has 2 heterocycles. The second-order valence-electron chi connectivity index (χ2n) is 7.45. The average Bonchev–Trinajstić information content (AvgIpc) is 3.26. The molecule has 4 aromatic rings. The van der Waals surface area contributed by atoms with Gasteiger partial charge in [-0.1, -0.05) is 36.4 Å². The topological polar surface area (TPSA) is 115 Å². The Hall–Kier alpha value is -4.53. The van der Waals surface area contributed by atoms with Crippen molar-refractivity contribution in [1.29, 1.82) is 0 Å². The van der Waals surface area contributed by atoms with E-state index < -0.39 is 11.9 Å². The molecular formula is C25H23N5O4. The van der Waals surface area contributed by atoms with Crippen LogP contribution in [0.3, 0.4) is 0 Å². The van der Waals surface area contributed by atoms with E-state index in [-0.39, 0.29) is 30.4 Å². The van der Waals surface area contributed by atoms with Crippen molar-refractivity contribution >= 4 is 34.5 Å². The van der Waals surface area contributed by atoms with Crippen molar-refractivity contribution in [2.45, 2.75) is 13.8 Å². The third-order valence-corrected chi connectivity index (χ3v) is 5.09. The van der Waals surface area contributed by atoms with E-state index in [0.717, 1.165) is 16.5 Å². The number of fused-ring (bicyclic) bond motifs is 1. The van der Waals surface area contributed by atoms with E-state index in [9.17, 15) is 14.4 Å². The van der Waals surface area contributed by atoms with E-state index >= 15 is 0 Å². The van der Waals surface area contributed by atoms with Crippen LogP contribution in [0.2, 0.25) is 0 Å². The summed E-state index contributed by atoms with van der Waals surface area (Å²) in [6, 6.07) is 18.0. The van der Waals surface area contributed by atoms with Crippen molar-refractivity contribution in [3.8, 4) is 5.82 Å². The molecule has 9 heteroatoms. The maximum absolute atomic E-state index is 12.7. The number of nitrogens with one attached hydrogen (secondary N) is 2. The van der Waals surface area contributed by atoms with Crippen molar-refractivity contribution in [2.75, 3.05) is 18.5 Å². The monoisotopic (exact) mass is 457 g/mol. The van der Waals surface area contributed by atoms with Gasteiger partial charge in [0, 0.05) is 10.9 Å². The van der Waals surface area contributed by atoms with E-state index in [4.69, 9.17) is 4.74 Å². The van der Waals surface area contributed by atoms with Gasteiger partial charge < -0.3 is 15.4 Å². The van der Waals surface area contributed by atoms with Crippen LogP contribution in [0, 0.1) is 6.92 Å². The highest BCUT2D eigenvalue weighted by molar-refractivity contribution is 6.03.